The van der Waals surface area contributed by atoms with Crippen molar-refractivity contribution < 1.29 is 22.8 Å². The zero-order valence-electron chi connectivity index (χ0n) is 16.7. The number of ketones is 1. The number of halogens is 5. The molecule has 0 aliphatic carbocycles. The minimum Gasteiger partial charge on any atom is -0.332 e. The number of carbonyl (C=O) groups is 2. The molecular weight excluding hydrogens is 478 g/mol. The monoisotopic (exact) mass is 491 g/mol. The Morgan fingerprint density at radius 3 is 2.36 bits per heavy atom. The van der Waals surface area contributed by atoms with Crippen molar-refractivity contribution in [1.82, 2.24) is 9.55 Å². The standard InChI is InChI=1S/C23H14Cl2F3N3O2/c24-14-7-5-13(6-8-14)12-31-17-4-2-1-3-16(17)19(21(31)23(26,27)28)20(32)22(33)30-15-9-10-29-18(25)11-15/h1-11H,12H2,(H,29,30,33). The second-order valence-electron chi connectivity index (χ2n) is 7.10. The lowest BCUT2D eigenvalue weighted by Crippen LogP contribution is -2.26. The summed E-state index contributed by atoms with van der Waals surface area (Å²) in [5, 5.41) is 2.80. The number of aromatic nitrogens is 2. The van der Waals surface area contributed by atoms with E-state index in [0.29, 0.717) is 10.6 Å². The van der Waals surface area contributed by atoms with Gasteiger partial charge < -0.3 is 9.88 Å². The van der Waals surface area contributed by atoms with Crippen LogP contribution in [-0.4, -0.2) is 21.2 Å². The van der Waals surface area contributed by atoms with Gasteiger partial charge in [-0.1, -0.05) is 53.5 Å². The first kappa shape index (κ1) is 22.8. The van der Waals surface area contributed by atoms with E-state index in [9.17, 15) is 22.8 Å². The number of Topliss-reactive ketones (excluding diaryl/α,β-unsaturated/α-hetero) is 1. The smallest absolute Gasteiger partial charge is 0.332 e. The Kier molecular flexibility index (Phi) is 6.14. The van der Waals surface area contributed by atoms with E-state index in [2.05, 4.69) is 10.3 Å². The lowest BCUT2D eigenvalue weighted by atomic mass is 10.1. The van der Waals surface area contributed by atoms with Crippen LogP contribution in [0.5, 0.6) is 0 Å². The number of fused-ring (bicyclic) bond motifs is 1. The summed E-state index contributed by atoms with van der Waals surface area (Å²) in [5.41, 5.74) is -1.08. The molecule has 4 aromatic rings. The van der Waals surface area contributed by atoms with Gasteiger partial charge in [-0.3, -0.25) is 9.59 Å². The van der Waals surface area contributed by atoms with Crippen molar-refractivity contribution in [3.05, 3.63) is 93.9 Å². The molecule has 2 aromatic carbocycles. The van der Waals surface area contributed by atoms with Crippen LogP contribution in [-0.2, 0) is 17.5 Å². The molecule has 0 saturated heterocycles. The van der Waals surface area contributed by atoms with Gasteiger partial charge in [0.05, 0.1) is 5.56 Å². The molecule has 5 nitrogen and oxygen atoms in total. The Morgan fingerprint density at radius 1 is 1.00 bits per heavy atom. The molecule has 0 radical (unpaired) electrons. The van der Waals surface area contributed by atoms with Gasteiger partial charge >= 0.3 is 6.18 Å². The fourth-order valence-corrected chi connectivity index (χ4v) is 3.85. The van der Waals surface area contributed by atoms with Gasteiger partial charge in [0.1, 0.15) is 10.8 Å². The number of alkyl halides is 3. The Balaban J connectivity index is 1.84. The summed E-state index contributed by atoms with van der Waals surface area (Å²) in [6.07, 6.45) is -3.61. The van der Waals surface area contributed by atoms with E-state index in [-0.39, 0.29) is 28.3 Å². The molecule has 2 aromatic heterocycles. The molecular formula is C23H14Cl2F3N3O2. The highest BCUT2D eigenvalue weighted by Crippen LogP contribution is 2.39. The van der Waals surface area contributed by atoms with Crippen molar-refractivity contribution in [2.24, 2.45) is 0 Å². The van der Waals surface area contributed by atoms with Gasteiger partial charge in [-0.05, 0) is 35.9 Å². The quantitative estimate of drug-likeness (QED) is 0.204. The average molecular weight is 492 g/mol. The van der Waals surface area contributed by atoms with Crippen LogP contribution in [0.1, 0.15) is 21.6 Å². The van der Waals surface area contributed by atoms with Crippen LogP contribution in [0.3, 0.4) is 0 Å². The molecule has 4 rings (SSSR count). The number of amides is 1. The van der Waals surface area contributed by atoms with Crippen molar-refractivity contribution in [2.45, 2.75) is 12.7 Å². The van der Waals surface area contributed by atoms with E-state index in [1.807, 2.05) is 0 Å². The summed E-state index contributed by atoms with van der Waals surface area (Å²) in [6.45, 7) is -0.179. The fourth-order valence-electron chi connectivity index (χ4n) is 3.55. The third kappa shape index (κ3) is 4.72. The SMILES string of the molecule is O=C(Nc1ccnc(Cl)c1)C(=O)c1c(C(F)(F)F)n(Cc2ccc(Cl)cc2)c2ccccc12. The summed E-state index contributed by atoms with van der Waals surface area (Å²) in [4.78, 5) is 29.4. The number of nitrogens with zero attached hydrogens (tertiary/aromatic N) is 2. The second kappa shape index (κ2) is 8.88. The van der Waals surface area contributed by atoms with Gasteiger partial charge in [-0.25, -0.2) is 4.98 Å². The molecule has 0 saturated carbocycles. The van der Waals surface area contributed by atoms with Crippen molar-refractivity contribution >= 4 is 51.5 Å². The van der Waals surface area contributed by atoms with Gasteiger partial charge in [0.25, 0.3) is 11.7 Å². The molecule has 10 heteroatoms. The minimum atomic E-state index is -4.91. The zero-order chi connectivity index (χ0) is 23.8. The van der Waals surface area contributed by atoms with Crippen LogP contribution < -0.4 is 5.32 Å². The highest BCUT2D eigenvalue weighted by molar-refractivity contribution is 6.48. The maximum Gasteiger partial charge on any atom is 0.432 e. The van der Waals surface area contributed by atoms with Crippen molar-refractivity contribution in [2.75, 3.05) is 5.32 Å². The number of hydrogen-bond acceptors (Lipinski definition) is 3. The molecule has 168 valence electrons. The Bertz CT molecular complexity index is 1370. The van der Waals surface area contributed by atoms with Gasteiger partial charge in [-0.2, -0.15) is 13.2 Å². The van der Waals surface area contributed by atoms with Crippen LogP contribution in [0, 0.1) is 0 Å². The third-order valence-electron chi connectivity index (χ3n) is 4.91. The Hall–Kier alpha value is -3.36. The van der Waals surface area contributed by atoms with E-state index < -0.39 is 29.1 Å². The maximum absolute atomic E-state index is 14.3. The van der Waals surface area contributed by atoms with Crippen molar-refractivity contribution in [3.63, 3.8) is 0 Å². The predicted octanol–water partition coefficient (Wildman–Crippen LogP) is 6.23. The molecule has 33 heavy (non-hydrogen) atoms. The number of pyridine rings is 1. The Morgan fingerprint density at radius 2 is 1.70 bits per heavy atom. The van der Waals surface area contributed by atoms with Gasteiger partial charge in [0.2, 0.25) is 0 Å². The summed E-state index contributed by atoms with van der Waals surface area (Å²) >= 11 is 11.7. The number of rotatable bonds is 5. The summed E-state index contributed by atoms with van der Waals surface area (Å²) < 4.78 is 43.8. The summed E-state index contributed by atoms with van der Waals surface area (Å²) in [6, 6.07) is 14.9. The first-order valence-electron chi connectivity index (χ1n) is 9.55. The number of hydrogen-bond donors (Lipinski definition) is 1. The lowest BCUT2D eigenvalue weighted by molar-refractivity contribution is -0.143. The van der Waals surface area contributed by atoms with Gasteiger partial charge in [0.15, 0.2) is 0 Å². The number of para-hydroxylation sites is 1. The molecule has 0 unspecified atom stereocenters. The molecule has 2 heterocycles. The topological polar surface area (TPSA) is 64.0 Å². The van der Waals surface area contributed by atoms with Crippen LogP contribution in [0.4, 0.5) is 18.9 Å². The number of nitrogens with one attached hydrogen (secondary N) is 1. The average Bonchev–Trinajstić information content (AvgIpc) is 3.09. The van der Waals surface area contributed by atoms with Crippen LogP contribution in [0.25, 0.3) is 10.9 Å². The van der Waals surface area contributed by atoms with Crippen LogP contribution >= 0.6 is 23.2 Å². The first-order chi connectivity index (χ1) is 15.6. The summed E-state index contributed by atoms with van der Waals surface area (Å²) in [5.74, 6) is -2.54. The number of carbonyl (C=O) groups excluding carboxylic acids is 2. The van der Waals surface area contributed by atoms with E-state index in [1.165, 1.54) is 36.5 Å². The largest absolute Gasteiger partial charge is 0.432 e. The van der Waals surface area contributed by atoms with Crippen LogP contribution in [0.15, 0.2) is 66.9 Å². The highest BCUT2D eigenvalue weighted by Gasteiger charge is 2.42. The molecule has 1 amide bonds. The molecule has 0 bridgehead atoms. The van der Waals surface area contributed by atoms with E-state index in [0.717, 1.165) is 4.57 Å². The van der Waals surface area contributed by atoms with E-state index >= 15 is 0 Å². The molecule has 0 aliphatic heterocycles. The van der Waals surface area contributed by atoms with Gasteiger partial charge in [-0.15, -0.1) is 0 Å². The zero-order valence-corrected chi connectivity index (χ0v) is 18.2. The molecule has 1 N–H and O–H groups in total. The lowest BCUT2D eigenvalue weighted by Gasteiger charge is -2.15. The second-order valence-corrected chi connectivity index (χ2v) is 7.93. The third-order valence-corrected chi connectivity index (χ3v) is 5.37. The van der Waals surface area contributed by atoms with E-state index in [4.69, 9.17) is 23.2 Å². The normalized spacial score (nSPS) is 11.5. The van der Waals surface area contributed by atoms with Crippen LogP contribution in [0.2, 0.25) is 10.2 Å². The maximum atomic E-state index is 14.3. The fraction of sp³-hybridized carbons (Fsp3) is 0.0870. The minimum absolute atomic E-state index is 0.0201. The number of benzene rings is 2. The van der Waals surface area contributed by atoms with Gasteiger partial charge in [0, 0.05) is 34.4 Å². The first-order valence-corrected chi connectivity index (χ1v) is 10.3. The summed E-state index contributed by atoms with van der Waals surface area (Å²) in [7, 11) is 0. The highest BCUT2D eigenvalue weighted by atomic mass is 35.5. The molecule has 0 spiro atoms. The molecule has 0 aliphatic rings. The number of anilines is 1. The molecule has 0 atom stereocenters. The molecule has 0 fully saturated rings. The Labute approximate surface area is 195 Å². The van der Waals surface area contributed by atoms with Crippen molar-refractivity contribution in [3.8, 4) is 0 Å². The van der Waals surface area contributed by atoms with Crippen molar-refractivity contribution in [1.29, 1.82) is 0 Å². The predicted molar refractivity (Wildman–Crippen MR) is 120 cm³/mol. The van der Waals surface area contributed by atoms with E-state index in [1.54, 1.807) is 30.3 Å².